The van der Waals surface area contributed by atoms with Crippen molar-refractivity contribution in [3.8, 4) is 6.07 Å². The van der Waals surface area contributed by atoms with E-state index in [0.29, 0.717) is 12.6 Å². The molecule has 3 fully saturated rings. The second kappa shape index (κ2) is 5.13. The van der Waals surface area contributed by atoms with Gasteiger partial charge in [0.05, 0.1) is 12.6 Å². The zero-order valence-electron chi connectivity index (χ0n) is 11.5. The van der Waals surface area contributed by atoms with Gasteiger partial charge < -0.3 is 5.32 Å². The van der Waals surface area contributed by atoms with E-state index in [2.05, 4.69) is 16.3 Å². The Balaban J connectivity index is 1.54. The van der Waals surface area contributed by atoms with Crippen LogP contribution in [0.4, 0.5) is 0 Å². The smallest absolute Gasteiger partial charge is 0.235 e. The number of carbonyl (C=O) groups is 1. The Morgan fingerprint density at radius 1 is 1.32 bits per heavy atom. The summed E-state index contributed by atoms with van der Waals surface area (Å²) in [5, 5.41) is 12.4. The maximum absolute atomic E-state index is 12.2. The summed E-state index contributed by atoms with van der Waals surface area (Å²) in [5.41, 5.74) is -0.575. The number of nitrogens with one attached hydrogen (secondary N) is 1. The number of nitrogens with zero attached hydrogens (tertiary/aromatic N) is 2. The highest BCUT2D eigenvalue weighted by Gasteiger charge is 2.39. The lowest BCUT2D eigenvalue weighted by atomic mass is 9.83. The zero-order chi connectivity index (χ0) is 13.3. The van der Waals surface area contributed by atoms with Crippen molar-refractivity contribution in [1.82, 2.24) is 10.2 Å². The monoisotopic (exact) mass is 261 g/mol. The first-order valence-corrected chi connectivity index (χ1v) is 7.67. The van der Waals surface area contributed by atoms with Gasteiger partial charge in [0.15, 0.2) is 0 Å². The molecular weight excluding hydrogens is 238 g/mol. The third kappa shape index (κ3) is 2.62. The number of nitriles is 1. The molecule has 104 valence electrons. The van der Waals surface area contributed by atoms with Crippen LogP contribution in [-0.2, 0) is 4.79 Å². The largest absolute Gasteiger partial charge is 0.337 e. The first-order valence-electron chi connectivity index (χ1n) is 7.67. The Labute approximate surface area is 115 Å². The molecule has 2 atom stereocenters. The van der Waals surface area contributed by atoms with Gasteiger partial charge in [-0.1, -0.05) is 19.3 Å². The van der Waals surface area contributed by atoms with Gasteiger partial charge in [0.2, 0.25) is 5.91 Å². The summed E-state index contributed by atoms with van der Waals surface area (Å²) in [5.74, 6) is 0.869. The third-order valence-corrected chi connectivity index (χ3v) is 5.17. The van der Waals surface area contributed by atoms with Gasteiger partial charge in [-0.3, -0.25) is 9.69 Å². The Morgan fingerprint density at radius 3 is 2.68 bits per heavy atom. The van der Waals surface area contributed by atoms with Gasteiger partial charge >= 0.3 is 0 Å². The molecule has 4 heteroatoms. The Kier molecular flexibility index (Phi) is 3.49. The normalized spacial score (nSPS) is 33.0. The molecule has 0 aromatic heterocycles. The maximum Gasteiger partial charge on any atom is 0.235 e. The van der Waals surface area contributed by atoms with Gasteiger partial charge in [0.25, 0.3) is 0 Å². The summed E-state index contributed by atoms with van der Waals surface area (Å²) in [6, 6.07) is 2.98. The number of amides is 1. The molecule has 0 aromatic carbocycles. The molecule has 0 spiro atoms. The molecule has 1 amide bonds. The molecule has 0 aromatic rings. The van der Waals surface area contributed by atoms with E-state index in [1.807, 2.05) is 0 Å². The number of rotatable bonds is 3. The molecule has 1 heterocycles. The fourth-order valence-electron chi connectivity index (χ4n) is 4.13. The summed E-state index contributed by atoms with van der Waals surface area (Å²) in [4.78, 5) is 14.5. The van der Waals surface area contributed by atoms with E-state index in [0.717, 1.165) is 38.1 Å². The quantitative estimate of drug-likeness (QED) is 0.843. The van der Waals surface area contributed by atoms with Gasteiger partial charge in [-0.2, -0.15) is 5.26 Å². The highest BCUT2D eigenvalue weighted by Crippen LogP contribution is 2.37. The molecule has 1 saturated heterocycles. The van der Waals surface area contributed by atoms with Crippen LogP contribution < -0.4 is 5.32 Å². The molecule has 1 N–H and O–H groups in total. The lowest BCUT2D eigenvalue weighted by Crippen LogP contribution is -2.52. The molecule has 19 heavy (non-hydrogen) atoms. The van der Waals surface area contributed by atoms with Crippen molar-refractivity contribution >= 4 is 5.91 Å². The van der Waals surface area contributed by atoms with Crippen LogP contribution >= 0.6 is 0 Å². The van der Waals surface area contributed by atoms with Gasteiger partial charge in [-0.25, -0.2) is 0 Å². The van der Waals surface area contributed by atoms with Gasteiger partial charge in [0, 0.05) is 12.6 Å². The standard InChI is InChI=1S/C15H23N3O/c16-11-15(6-2-1-3-7-15)17-14(19)10-18-9-12-4-5-13(18)8-12/h12-13H,1-10H2,(H,17,19)/t12-,13-/m0/s1. The lowest BCUT2D eigenvalue weighted by molar-refractivity contribution is -0.124. The molecule has 3 aliphatic rings. The van der Waals surface area contributed by atoms with Crippen molar-refractivity contribution in [2.45, 2.75) is 62.9 Å². The molecular formula is C15H23N3O. The van der Waals surface area contributed by atoms with E-state index in [1.165, 1.54) is 25.7 Å². The first-order chi connectivity index (χ1) is 9.21. The number of fused-ring (bicyclic) bond motifs is 2. The molecule has 2 aliphatic carbocycles. The fraction of sp³-hybridized carbons (Fsp3) is 0.867. The summed E-state index contributed by atoms with van der Waals surface area (Å²) < 4.78 is 0. The van der Waals surface area contributed by atoms with Crippen molar-refractivity contribution in [2.24, 2.45) is 5.92 Å². The molecule has 0 unspecified atom stereocenters. The second-order valence-corrected chi connectivity index (χ2v) is 6.57. The highest BCUT2D eigenvalue weighted by atomic mass is 16.2. The molecule has 4 nitrogen and oxygen atoms in total. The van der Waals surface area contributed by atoms with Gasteiger partial charge in [-0.05, 0) is 38.0 Å². The Bertz CT molecular complexity index is 395. The summed E-state index contributed by atoms with van der Waals surface area (Å²) in [6.07, 6.45) is 8.81. The summed E-state index contributed by atoms with van der Waals surface area (Å²) in [6.45, 7) is 1.57. The molecule has 2 saturated carbocycles. The SMILES string of the molecule is N#CC1(NC(=O)CN2C[C@H]3CC[C@H]2C3)CCCCC1. The lowest BCUT2D eigenvalue weighted by Gasteiger charge is -2.33. The average molecular weight is 261 g/mol. The van der Waals surface area contributed by atoms with Crippen LogP contribution in [0.3, 0.4) is 0 Å². The zero-order valence-corrected chi connectivity index (χ0v) is 11.5. The average Bonchev–Trinajstić information content (AvgIpc) is 3.02. The van der Waals surface area contributed by atoms with Crippen LogP contribution in [0.15, 0.2) is 0 Å². The summed E-state index contributed by atoms with van der Waals surface area (Å²) >= 11 is 0. The minimum absolute atomic E-state index is 0.0519. The van der Waals surface area contributed by atoms with Crippen LogP contribution in [0.25, 0.3) is 0 Å². The molecule has 3 rings (SSSR count). The van der Waals surface area contributed by atoms with Crippen LogP contribution in [0.2, 0.25) is 0 Å². The van der Waals surface area contributed by atoms with Gasteiger partial charge in [0.1, 0.15) is 5.54 Å². The highest BCUT2D eigenvalue weighted by molar-refractivity contribution is 5.79. The fourth-order valence-corrected chi connectivity index (χ4v) is 4.13. The first kappa shape index (κ1) is 12.9. The van der Waals surface area contributed by atoms with Crippen molar-refractivity contribution < 1.29 is 4.79 Å². The second-order valence-electron chi connectivity index (χ2n) is 6.57. The number of piperidine rings is 1. The van der Waals surface area contributed by atoms with E-state index in [-0.39, 0.29) is 5.91 Å². The number of hydrogen-bond acceptors (Lipinski definition) is 3. The predicted octanol–water partition coefficient (Wildman–Crippen LogP) is 1.81. The van der Waals surface area contributed by atoms with E-state index in [4.69, 9.17) is 0 Å². The van der Waals surface area contributed by atoms with Crippen LogP contribution in [0.1, 0.15) is 51.4 Å². The van der Waals surface area contributed by atoms with Crippen LogP contribution in [0, 0.1) is 17.2 Å². The number of likely N-dealkylation sites (tertiary alicyclic amines) is 1. The van der Waals surface area contributed by atoms with Crippen molar-refractivity contribution in [2.75, 3.05) is 13.1 Å². The minimum atomic E-state index is -0.575. The molecule has 1 aliphatic heterocycles. The van der Waals surface area contributed by atoms with E-state index < -0.39 is 5.54 Å². The Morgan fingerprint density at radius 2 is 2.11 bits per heavy atom. The van der Waals surface area contributed by atoms with Crippen LogP contribution in [-0.4, -0.2) is 35.5 Å². The van der Waals surface area contributed by atoms with E-state index in [9.17, 15) is 10.1 Å². The molecule has 0 radical (unpaired) electrons. The van der Waals surface area contributed by atoms with Gasteiger partial charge in [-0.15, -0.1) is 0 Å². The van der Waals surface area contributed by atoms with Crippen molar-refractivity contribution in [3.63, 3.8) is 0 Å². The Hall–Kier alpha value is -1.08. The van der Waals surface area contributed by atoms with Crippen LogP contribution in [0.5, 0.6) is 0 Å². The number of carbonyl (C=O) groups excluding carboxylic acids is 1. The van der Waals surface area contributed by atoms with E-state index >= 15 is 0 Å². The van der Waals surface area contributed by atoms with Crippen molar-refractivity contribution in [1.29, 1.82) is 5.26 Å². The van der Waals surface area contributed by atoms with E-state index in [1.54, 1.807) is 0 Å². The molecule has 2 bridgehead atoms. The topological polar surface area (TPSA) is 56.1 Å². The maximum atomic E-state index is 12.2. The predicted molar refractivity (Wildman–Crippen MR) is 72.3 cm³/mol. The third-order valence-electron chi connectivity index (χ3n) is 5.17. The summed E-state index contributed by atoms with van der Waals surface area (Å²) in [7, 11) is 0. The number of hydrogen-bond donors (Lipinski definition) is 1. The van der Waals surface area contributed by atoms with Crippen molar-refractivity contribution in [3.05, 3.63) is 0 Å². The minimum Gasteiger partial charge on any atom is -0.337 e.